The van der Waals surface area contributed by atoms with Crippen LogP contribution in [0.15, 0.2) is 23.3 Å². The van der Waals surface area contributed by atoms with E-state index in [0.717, 1.165) is 39.9 Å². The van der Waals surface area contributed by atoms with Crippen molar-refractivity contribution in [2.45, 2.75) is 60.0 Å². The Kier molecular flexibility index (Phi) is 5.27. The first-order valence-corrected chi connectivity index (χ1v) is 13.7. The van der Waals surface area contributed by atoms with E-state index in [1.165, 1.54) is 24.1 Å². The molecule has 7 rings (SSSR count). The van der Waals surface area contributed by atoms with Crippen molar-refractivity contribution in [3.05, 3.63) is 39.4 Å². The van der Waals surface area contributed by atoms with Crippen LogP contribution < -0.4 is 10.1 Å². The van der Waals surface area contributed by atoms with Crippen molar-refractivity contribution in [1.29, 1.82) is 0 Å². The van der Waals surface area contributed by atoms with Gasteiger partial charge in [0.25, 0.3) is 5.91 Å². The summed E-state index contributed by atoms with van der Waals surface area (Å²) >= 11 is 8.32. The monoisotopic (exact) mass is 497 g/mol. The third-order valence-electron chi connectivity index (χ3n) is 8.74. The zero-order chi connectivity index (χ0) is 23.8. The molecule has 3 heterocycles. The van der Waals surface area contributed by atoms with Gasteiger partial charge >= 0.3 is 0 Å². The number of amides is 1. The van der Waals surface area contributed by atoms with Crippen molar-refractivity contribution in [2.24, 2.45) is 29.1 Å². The van der Waals surface area contributed by atoms with E-state index in [1.807, 2.05) is 4.68 Å². The lowest BCUT2D eigenvalue weighted by molar-refractivity contribution is -0.103. The van der Waals surface area contributed by atoms with Gasteiger partial charge in [-0.15, -0.1) is 11.3 Å². The molecule has 0 radical (unpaired) electrons. The molecule has 1 aliphatic heterocycles. The molecule has 0 saturated heterocycles. The molecule has 2 bridgehead atoms. The molecule has 1 N–H and O–H groups in total. The maximum absolute atomic E-state index is 13.5. The van der Waals surface area contributed by atoms with Crippen LogP contribution in [-0.2, 0) is 6.61 Å². The molecule has 7 heteroatoms. The fraction of sp³-hybridized carbons (Fsp3) is 0.556. The van der Waals surface area contributed by atoms with Crippen molar-refractivity contribution < 1.29 is 9.53 Å². The van der Waals surface area contributed by atoms with E-state index in [4.69, 9.17) is 21.4 Å². The number of fused-ring (bicyclic) bond motifs is 5. The van der Waals surface area contributed by atoms with Crippen LogP contribution in [0, 0.1) is 36.0 Å². The van der Waals surface area contributed by atoms with Crippen LogP contribution in [0.5, 0.6) is 5.06 Å². The Balaban J connectivity index is 1.33. The predicted octanol–water partition coefficient (Wildman–Crippen LogP) is 6.62. The minimum Gasteiger partial charge on any atom is -0.478 e. The van der Waals surface area contributed by atoms with E-state index in [2.05, 4.69) is 51.2 Å². The summed E-state index contributed by atoms with van der Waals surface area (Å²) in [7, 11) is 0. The molecule has 3 saturated carbocycles. The van der Waals surface area contributed by atoms with E-state index in [0.29, 0.717) is 47.0 Å². The van der Waals surface area contributed by atoms with Gasteiger partial charge in [0.05, 0.1) is 22.0 Å². The summed E-state index contributed by atoms with van der Waals surface area (Å²) in [6.07, 6.45) is 8.89. The normalized spacial score (nSPS) is 28.6. The van der Waals surface area contributed by atoms with Gasteiger partial charge in [0.2, 0.25) is 0 Å². The van der Waals surface area contributed by atoms with Crippen molar-refractivity contribution in [3.8, 4) is 16.3 Å². The van der Waals surface area contributed by atoms with Crippen molar-refractivity contribution in [2.75, 3.05) is 6.54 Å². The molecule has 3 fully saturated rings. The number of nitrogens with one attached hydrogen (secondary N) is 1. The molecule has 180 valence electrons. The Hall–Kier alpha value is -2.05. The summed E-state index contributed by atoms with van der Waals surface area (Å²) in [6, 6.07) is 2.12. The first-order valence-electron chi connectivity index (χ1n) is 12.5. The SMILES string of the molecule is Cc1cc2c(s1)OCc1c(C(=O)NCC3CCC4CC3C4(C)C)nn(C3=CCC(C)C=C3Cl)c1-2. The summed E-state index contributed by atoms with van der Waals surface area (Å²) in [6.45, 7) is 10.1. The maximum atomic E-state index is 13.5. The van der Waals surface area contributed by atoms with Gasteiger partial charge in [-0.25, -0.2) is 4.68 Å². The average molecular weight is 498 g/mol. The molecule has 5 aliphatic rings. The van der Waals surface area contributed by atoms with Crippen LogP contribution in [0.2, 0.25) is 0 Å². The standard InChI is InChI=1S/C27H32ClN3O2S/c1-14-5-8-22(21(28)9-14)31-24-18-10-15(2)34-26(18)33-13-19(24)23(30-31)25(32)29-12-16-6-7-17-11-20(16)27(17,3)4/h8-10,14,16-17,20H,5-7,11-13H2,1-4H3,(H,29,32). The second-order valence-corrected chi connectivity index (χ2v) is 12.8. The number of allylic oxidation sites excluding steroid dienone is 4. The molecule has 4 unspecified atom stereocenters. The van der Waals surface area contributed by atoms with Gasteiger partial charge in [0.1, 0.15) is 6.61 Å². The molecular weight excluding hydrogens is 466 g/mol. The molecule has 34 heavy (non-hydrogen) atoms. The molecule has 2 aromatic rings. The first-order chi connectivity index (χ1) is 16.2. The van der Waals surface area contributed by atoms with Crippen molar-refractivity contribution >= 4 is 34.5 Å². The molecule has 4 aliphatic carbocycles. The summed E-state index contributed by atoms with van der Waals surface area (Å²) < 4.78 is 7.95. The van der Waals surface area contributed by atoms with Gasteiger partial charge in [-0.3, -0.25) is 4.79 Å². The van der Waals surface area contributed by atoms with Crippen LogP contribution >= 0.6 is 22.9 Å². The number of nitrogens with zero attached hydrogens (tertiary/aromatic N) is 2. The van der Waals surface area contributed by atoms with Gasteiger partial charge in [-0.2, -0.15) is 5.10 Å². The highest BCUT2D eigenvalue weighted by Gasteiger charge is 2.54. The van der Waals surface area contributed by atoms with Crippen LogP contribution in [0.3, 0.4) is 0 Å². The van der Waals surface area contributed by atoms with Gasteiger partial charge in [-0.05, 0) is 67.8 Å². The molecule has 0 aromatic carbocycles. The van der Waals surface area contributed by atoms with E-state index in [9.17, 15) is 4.79 Å². The second-order valence-electron chi connectivity index (χ2n) is 11.2. The third kappa shape index (κ3) is 3.40. The quantitative estimate of drug-likeness (QED) is 0.516. The Morgan fingerprint density at radius 3 is 2.94 bits per heavy atom. The van der Waals surface area contributed by atoms with Gasteiger partial charge in [-0.1, -0.05) is 44.5 Å². The molecule has 5 nitrogen and oxygen atoms in total. The van der Waals surface area contributed by atoms with E-state index in [1.54, 1.807) is 11.3 Å². The number of thiophene rings is 1. The third-order valence-corrected chi connectivity index (χ3v) is 10.0. The molecule has 2 aromatic heterocycles. The average Bonchev–Trinajstić information content (AvgIpc) is 3.37. The predicted molar refractivity (Wildman–Crippen MR) is 137 cm³/mol. The number of aryl methyl sites for hydroxylation is 1. The Morgan fingerprint density at radius 2 is 2.21 bits per heavy atom. The highest BCUT2D eigenvalue weighted by molar-refractivity contribution is 7.14. The Bertz CT molecular complexity index is 1230. The topological polar surface area (TPSA) is 56.1 Å². The number of hydrogen-bond acceptors (Lipinski definition) is 4. The van der Waals surface area contributed by atoms with E-state index in [-0.39, 0.29) is 5.91 Å². The lowest BCUT2D eigenvalue weighted by Crippen LogP contribution is -2.54. The molecule has 1 amide bonds. The van der Waals surface area contributed by atoms with E-state index >= 15 is 0 Å². The molecular formula is C27H32ClN3O2S. The summed E-state index contributed by atoms with van der Waals surface area (Å²) in [5.74, 6) is 2.38. The maximum Gasteiger partial charge on any atom is 0.272 e. The Labute approximate surface area is 210 Å². The van der Waals surface area contributed by atoms with E-state index < -0.39 is 0 Å². The first kappa shape index (κ1) is 22.4. The minimum atomic E-state index is -0.113. The lowest BCUT2D eigenvalue weighted by Gasteiger charge is -2.60. The highest BCUT2D eigenvalue weighted by atomic mass is 35.5. The number of hydrogen-bond donors (Lipinski definition) is 1. The smallest absolute Gasteiger partial charge is 0.272 e. The number of rotatable bonds is 4. The summed E-state index contributed by atoms with van der Waals surface area (Å²) in [5.41, 5.74) is 4.48. The number of carbonyl (C=O) groups excluding carboxylic acids is 1. The largest absolute Gasteiger partial charge is 0.478 e. The zero-order valence-electron chi connectivity index (χ0n) is 20.3. The summed E-state index contributed by atoms with van der Waals surface area (Å²) in [5, 5.41) is 9.66. The zero-order valence-corrected chi connectivity index (χ0v) is 21.9. The number of aromatic nitrogens is 2. The van der Waals surface area contributed by atoms with Crippen LogP contribution in [-0.4, -0.2) is 22.2 Å². The van der Waals surface area contributed by atoms with Crippen molar-refractivity contribution in [3.63, 3.8) is 0 Å². The number of ether oxygens (including phenoxy) is 1. The number of halogens is 1. The minimum absolute atomic E-state index is 0.113. The lowest BCUT2D eigenvalue weighted by atomic mass is 9.45. The second kappa shape index (κ2) is 7.99. The highest BCUT2D eigenvalue weighted by Crippen LogP contribution is 2.61. The van der Waals surface area contributed by atoms with Crippen LogP contribution in [0.25, 0.3) is 17.0 Å². The number of carbonyl (C=O) groups is 1. The van der Waals surface area contributed by atoms with Gasteiger partial charge in [0.15, 0.2) is 10.8 Å². The van der Waals surface area contributed by atoms with Crippen LogP contribution in [0.4, 0.5) is 0 Å². The fourth-order valence-electron chi connectivity index (χ4n) is 6.62. The Morgan fingerprint density at radius 1 is 1.38 bits per heavy atom. The summed E-state index contributed by atoms with van der Waals surface area (Å²) in [4.78, 5) is 14.6. The fourth-order valence-corrected chi connectivity index (χ4v) is 7.85. The van der Waals surface area contributed by atoms with Gasteiger partial charge < -0.3 is 10.1 Å². The van der Waals surface area contributed by atoms with Crippen molar-refractivity contribution in [1.82, 2.24) is 15.1 Å². The molecule has 0 spiro atoms. The van der Waals surface area contributed by atoms with Crippen LogP contribution in [0.1, 0.15) is 67.4 Å². The van der Waals surface area contributed by atoms with Gasteiger partial charge in [0, 0.05) is 17.0 Å². The molecule has 4 atom stereocenters.